The Hall–Kier alpha value is -2.20. The summed E-state index contributed by atoms with van der Waals surface area (Å²) in [6.45, 7) is 6.83. The number of hydrogen-bond acceptors (Lipinski definition) is 4. The number of rotatable bonds is 7. The minimum Gasteiger partial charge on any atom is -0.493 e. The van der Waals surface area contributed by atoms with Crippen LogP contribution in [-0.2, 0) is 6.42 Å². The van der Waals surface area contributed by atoms with E-state index in [1.807, 2.05) is 18.2 Å². The maximum Gasteiger partial charge on any atom is 0.161 e. The molecule has 0 spiro atoms. The molecule has 134 valence electrons. The van der Waals surface area contributed by atoms with Crippen LogP contribution in [0.4, 0.5) is 0 Å². The molecule has 0 bridgehead atoms. The minimum absolute atomic E-state index is 0.248. The molecule has 2 aromatic rings. The van der Waals surface area contributed by atoms with Crippen LogP contribution in [0.1, 0.15) is 30.9 Å². The van der Waals surface area contributed by atoms with E-state index in [0.29, 0.717) is 25.7 Å². The first-order chi connectivity index (χ1) is 12.2. The molecule has 1 aliphatic rings. The van der Waals surface area contributed by atoms with Crippen molar-refractivity contribution in [2.75, 3.05) is 26.4 Å². The smallest absolute Gasteiger partial charge is 0.161 e. The molecule has 1 heterocycles. The lowest BCUT2D eigenvalue weighted by Gasteiger charge is -2.21. The minimum atomic E-state index is 0.248. The quantitative estimate of drug-likeness (QED) is 0.833. The Kier molecular flexibility index (Phi) is 5.82. The van der Waals surface area contributed by atoms with E-state index in [4.69, 9.17) is 19.9 Å². The average Bonchev–Trinajstić information content (AvgIpc) is 2.65. The summed E-state index contributed by atoms with van der Waals surface area (Å²) in [4.78, 5) is 0. The van der Waals surface area contributed by atoms with Gasteiger partial charge in [0.25, 0.3) is 0 Å². The van der Waals surface area contributed by atoms with E-state index in [1.165, 1.54) is 11.1 Å². The van der Waals surface area contributed by atoms with Gasteiger partial charge in [0.1, 0.15) is 19.0 Å². The predicted octanol–water partition coefficient (Wildman–Crippen LogP) is 3.78. The summed E-state index contributed by atoms with van der Waals surface area (Å²) in [7, 11) is 0. The number of nitrogens with two attached hydrogens (primary N) is 1. The molecule has 2 N–H and O–H groups in total. The topological polar surface area (TPSA) is 53.7 Å². The molecule has 0 radical (unpaired) electrons. The van der Waals surface area contributed by atoms with Crippen LogP contribution >= 0.6 is 0 Å². The second-order valence-electron chi connectivity index (χ2n) is 6.89. The largest absolute Gasteiger partial charge is 0.493 e. The van der Waals surface area contributed by atoms with E-state index < -0.39 is 0 Å². The summed E-state index contributed by atoms with van der Waals surface area (Å²) in [6.07, 6.45) is 0.889. The van der Waals surface area contributed by atoms with E-state index in [-0.39, 0.29) is 5.92 Å². The highest BCUT2D eigenvalue weighted by Crippen LogP contribution is 2.34. The lowest BCUT2D eigenvalue weighted by Crippen LogP contribution is -2.18. The van der Waals surface area contributed by atoms with Gasteiger partial charge >= 0.3 is 0 Å². The van der Waals surface area contributed by atoms with Gasteiger partial charge in [-0.05, 0) is 54.3 Å². The second-order valence-corrected chi connectivity index (χ2v) is 6.89. The van der Waals surface area contributed by atoms with Crippen LogP contribution < -0.4 is 19.9 Å². The molecule has 4 nitrogen and oxygen atoms in total. The summed E-state index contributed by atoms with van der Waals surface area (Å²) in [5.74, 6) is 3.33. The molecule has 25 heavy (non-hydrogen) atoms. The van der Waals surface area contributed by atoms with E-state index in [1.54, 1.807) is 0 Å². The van der Waals surface area contributed by atoms with Crippen molar-refractivity contribution in [3.05, 3.63) is 53.6 Å². The van der Waals surface area contributed by atoms with Crippen LogP contribution in [0.3, 0.4) is 0 Å². The van der Waals surface area contributed by atoms with Crippen molar-refractivity contribution >= 4 is 0 Å². The zero-order chi connectivity index (χ0) is 17.6. The van der Waals surface area contributed by atoms with Crippen LogP contribution in [0.2, 0.25) is 0 Å². The highest BCUT2D eigenvalue weighted by atomic mass is 16.6. The van der Waals surface area contributed by atoms with Gasteiger partial charge in [0, 0.05) is 5.92 Å². The summed E-state index contributed by atoms with van der Waals surface area (Å²) in [6, 6.07) is 14.4. The van der Waals surface area contributed by atoms with Crippen LogP contribution in [0, 0.1) is 5.92 Å². The van der Waals surface area contributed by atoms with Crippen LogP contribution in [0.25, 0.3) is 0 Å². The van der Waals surface area contributed by atoms with Gasteiger partial charge in [-0.2, -0.15) is 0 Å². The Morgan fingerprint density at radius 2 is 1.72 bits per heavy atom. The molecule has 0 aliphatic carbocycles. The molecular formula is C21H27NO3. The molecule has 1 atom stereocenters. The molecule has 4 heteroatoms. The van der Waals surface area contributed by atoms with E-state index >= 15 is 0 Å². The van der Waals surface area contributed by atoms with Crippen molar-refractivity contribution in [3.63, 3.8) is 0 Å². The third-order valence-electron chi connectivity index (χ3n) is 4.31. The summed E-state index contributed by atoms with van der Waals surface area (Å²) in [5.41, 5.74) is 8.48. The van der Waals surface area contributed by atoms with Gasteiger partial charge in [-0.15, -0.1) is 0 Å². The van der Waals surface area contributed by atoms with E-state index in [2.05, 4.69) is 38.1 Å². The molecule has 1 unspecified atom stereocenters. The first kappa shape index (κ1) is 17.6. The SMILES string of the molecule is CC(C)COc1ccc(CC(CN)c2ccc3c(c2)OCCO3)cc1. The Bertz CT molecular complexity index is 682. The highest BCUT2D eigenvalue weighted by Gasteiger charge is 2.16. The normalized spacial score (nSPS) is 14.4. The standard InChI is InChI=1S/C21H27NO3/c1-15(2)14-25-19-6-3-16(4-7-19)11-18(13-22)17-5-8-20-21(12-17)24-10-9-23-20/h3-8,12,15,18H,9-11,13-14,22H2,1-2H3. The van der Waals surface area contributed by atoms with Gasteiger partial charge in [0.2, 0.25) is 0 Å². The van der Waals surface area contributed by atoms with Gasteiger partial charge in [-0.1, -0.05) is 32.0 Å². The van der Waals surface area contributed by atoms with Gasteiger partial charge in [-0.3, -0.25) is 0 Å². The van der Waals surface area contributed by atoms with Crippen molar-refractivity contribution in [3.8, 4) is 17.2 Å². The summed E-state index contributed by atoms with van der Waals surface area (Å²) < 4.78 is 17.0. The lowest BCUT2D eigenvalue weighted by atomic mass is 9.91. The molecule has 1 aliphatic heterocycles. The Labute approximate surface area is 149 Å². The molecule has 2 aromatic carbocycles. The van der Waals surface area contributed by atoms with E-state index in [0.717, 1.165) is 30.3 Å². The summed E-state index contributed by atoms with van der Waals surface area (Å²) in [5, 5.41) is 0. The fourth-order valence-corrected chi connectivity index (χ4v) is 2.92. The molecule has 0 saturated carbocycles. The number of fused-ring (bicyclic) bond motifs is 1. The molecule has 0 amide bonds. The Balaban J connectivity index is 1.67. The number of benzene rings is 2. The molecular weight excluding hydrogens is 314 g/mol. The van der Waals surface area contributed by atoms with Crippen molar-refractivity contribution in [1.82, 2.24) is 0 Å². The van der Waals surface area contributed by atoms with Crippen LogP contribution in [-0.4, -0.2) is 26.4 Å². The Morgan fingerprint density at radius 1 is 1.00 bits per heavy atom. The number of hydrogen-bond donors (Lipinski definition) is 1. The van der Waals surface area contributed by atoms with Gasteiger partial charge in [-0.25, -0.2) is 0 Å². The average molecular weight is 341 g/mol. The van der Waals surface area contributed by atoms with Crippen molar-refractivity contribution < 1.29 is 14.2 Å². The second kappa shape index (κ2) is 8.26. The van der Waals surface area contributed by atoms with Gasteiger partial charge < -0.3 is 19.9 Å². The lowest BCUT2D eigenvalue weighted by molar-refractivity contribution is 0.171. The van der Waals surface area contributed by atoms with Gasteiger partial charge in [0.15, 0.2) is 11.5 Å². The number of ether oxygens (including phenoxy) is 3. The zero-order valence-electron chi connectivity index (χ0n) is 15.0. The maximum atomic E-state index is 6.04. The van der Waals surface area contributed by atoms with Crippen molar-refractivity contribution in [2.24, 2.45) is 11.7 Å². The third-order valence-corrected chi connectivity index (χ3v) is 4.31. The zero-order valence-corrected chi connectivity index (χ0v) is 15.0. The first-order valence-electron chi connectivity index (χ1n) is 8.97. The van der Waals surface area contributed by atoms with Gasteiger partial charge in [0.05, 0.1) is 6.61 Å². The first-order valence-corrected chi connectivity index (χ1v) is 8.97. The molecule has 3 rings (SSSR count). The predicted molar refractivity (Wildman–Crippen MR) is 99.7 cm³/mol. The van der Waals surface area contributed by atoms with E-state index in [9.17, 15) is 0 Å². The fraction of sp³-hybridized carbons (Fsp3) is 0.429. The fourth-order valence-electron chi connectivity index (χ4n) is 2.92. The molecule has 0 aromatic heterocycles. The molecule has 0 saturated heterocycles. The molecule has 0 fully saturated rings. The van der Waals surface area contributed by atoms with Crippen LogP contribution in [0.15, 0.2) is 42.5 Å². The van der Waals surface area contributed by atoms with Crippen molar-refractivity contribution in [1.29, 1.82) is 0 Å². The maximum absolute atomic E-state index is 6.04. The third kappa shape index (κ3) is 4.67. The monoisotopic (exact) mass is 341 g/mol. The van der Waals surface area contributed by atoms with Crippen LogP contribution in [0.5, 0.6) is 17.2 Å². The highest BCUT2D eigenvalue weighted by molar-refractivity contribution is 5.45. The van der Waals surface area contributed by atoms with Crippen molar-refractivity contribution in [2.45, 2.75) is 26.2 Å². The summed E-state index contributed by atoms with van der Waals surface area (Å²) >= 11 is 0. The Morgan fingerprint density at radius 3 is 2.40 bits per heavy atom.